The highest BCUT2D eigenvalue weighted by Crippen LogP contribution is 2.19. The number of morpholine rings is 1. The molecular weight excluding hydrogens is 230 g/mol. The van der Waals surface area contributed by atoms with Crippen LogP contribution < -0.4 is 0 Å². The molecule has 0 saturated carbocycles. The number of phenols is 1. The van der Waals surface area contributed by atoms with E-state index in [1.165, 1.54) is 6.07 Å². The number of ether oxygens (including phenoxy) is 1. The summed E-state index contributed by atoms with van der Waals surface area (Å²) >= 11 is 0. The first kappa shape index (κ1) is 12.9. The Morgan fingerprint density at radius 1 is 1.56 bits per heavy atom. The Labute approximate surface area is 107 Å². The first-order valence-electron chi connectivity index (χ1n) is 6.32. The number of amides is 1. The zero-order valence-electron chi connectivity index (χ0n) is 10.8. The van der Waals surface area contributed by atoms with Crippen LogP contribution in [-0.2, 0) is 4.74 Å². The first-order valence-corrected chi connectivity index (χ1v) is 6.32. The molecule has 2 rings (SSSR count). The summed E-state index contributed by atoms with van der Waals surface area (Å²) in [5.41, 5.74) is 1.31. The lowest BCUT2D eigenvalue weighted by Gasteiger charge is -2.32. The van der Waals surface area contributed by atoms with Crippen molar-refractivity contribution >= 4 is 5.91 Å². The minimum Gasteiger partial charge on any atom is -0.508 e. The average molecular weight is 249 g/mol. The quantitative estimate of drug-likeness (QED) is 0.871. The lowest BCUT2D eigenvalue weighted by atomic mass is 10.1. The fourth-order valence-electron chi connectivity index (χ4n) is 2.08. The average Bonchev–Trinajstić information content (AvgIpc) is 2.41. The third-order valence-corrected chi connectivity index (χ3v) is 3.34. The van der Waals surface area contributed by atoms with Gasteiger partial charge >= 0.3 is 0 Å². The SMILES string of the molecule is CCC1CN(C(=O)c2ccc(C)c(O)c2)CCO1. The van der Waals surface area contributed by atoms with E-state index in [1.54, 1.807) is 17.0 Å². The van der Waals surface area contributed by atoms with Gasteiger partial charge in [0.25, 0.3) is 5.91 Å². The summed E-state index contributed by atoms with van der Waals surface area (Å²) in [6.45, 7) is 5.69. The maximum Gasteiger partial charge on any atom is 0.254 e. The van der Waals surface area contributed by atoms with Crippen molar-refractivity contribution in [3.05, 3.63) is 29.3 Å². The number of aromatic hydroxyl groups is 1. The Morgan fingerprint density at radius 3 is 3.00 bits per heavy atom. The predicted octanol–water partition coefficient (Wildman–Crippen LogP) is 1.95. The Kier molecular flexibility index (Phi) is 3.87. The van der Waals surface area contributed by atoms with E-state index in [9.17, 15) is 9.90 Å². The maximum atomic E-state index is 12.3. The molecule has 18 heavy (non-hydrogen) atoms. The van der Waals surface area contributed by atoms with E-state index in [0.717, 1.165) is 12.0 Å². The molecule has 1 aromatic carbocycles. The Bertz CT molecular complexity index is 445. The molecule has 1 atom stereocenters. The van der Waals surface area contributed by atoms with Gasteiger partial charge in [0.05, 0.1) is 12.7 Å². The van der Waals surface area contributed by atoms with Crippen LogP contribution in [0, 0.1) is 6.92 Å². The van der Waals surface area contributed by atoms with Crippen molar-refractivity contribution in [1.82, 2.24) is 4.90 Å². The Balaban J connectivity index is 2.12. The molecular formula is C14H19NO3. The topological polar surface area (TPSA) is 49.8 Å². The van der Waals surface area contributed by atoms with Gasteiger partial charge in [-0.05, 0) is 31.0 Å². The van der Waals surface area contributed by atoms with Gasteiger partial charge in [0.1, 0.15) is 5.75 Å². The van der Waals surface area contributed by atoms with Crippen LogP contribution in [-0.4, -0.2) is 41.7 Å². The monoisotopic (exact) mass is 249 g/mol. The fourth-order valence-corrected chi connectivity index (χ4v) is 2.08. The van der Waals surface area contributed by atoms with E-state index >= 15 is 0 Å². The normalized spacial score (nSPS) is 19.9. The summed E-state index contributed by atoms with van der Waals surface area (Å²) < 4.78 is 5.54. The third-order valence-electron chi connectivity index (χ3n) is 3.34. The molecule has 98 valence electrons. The number of rotatable bonds is 2. The van der Waals surface area contributed by atoms with Gasteiger partial charge in [0, 0.05) is 18.7 Å². The van der Waals surface area contributed by atoms with Crippen molar-refractivity contribution in [2.45, 2.75) is 26.4 Å². The van der Waals surface area contributed by atoms with Crippen LogP contribution in [0.3, 0.4) is 0 Å². The van der Waals surface area contributed by atoms with Crippen molar-refractivity contribution in [2.75, 3.05) is 19.7 Å². The number of nitrogens with zero attached hydrogens (tertiary/aromatic N) is 1. The second-order valence-electron chi connectivity index (χ2n) is 4.65. The van der Waals surface area contributed by atoms with Crippen molar-refractivity contribution in [2.24, 2.45) is 0 Å². The number of aryl methyl sites for hydroxylation is 1. The number of hydrogen-bond acceptors (Lipinski definition) is 3. The summed E-state index contributed by atoms with van der Waals surface area (Å²) in [5, 5.41) is 9.65. The minimum atomic E-state index is -0.0351. The van der Waals surface area contributed by atoms with Gasteiger partial charge < -0.3 is 14.7 Å². The van der Waals surface area contributed by atoms with E-state index < -0.39 is 0 Å². The van der Waals surface area contributed by atoms with Crippen LogP contribution in [0.4, 0.5) is 0 Å². The van der Waals surface area contributed by atoms with Gasteiger partial charge in [-0.15, -0.1) is 0 Å². The summed E-state index contributed by atoms with van der Waals surface area (Å²) in [5.74, 6) is 0.133. The zero-order valence-corrected chi connectivity index (χ0v) is 10.8. The minimum absolute atomic E-state index is 0.0351. The molecule has 1 fully saturated rings. The summed E-state index contributed by atoms with van der Waals surface area (Å²) in [6, 6.07) is 5.06. The molecule has 1 amide bonds. The summed E-state index contributed by atoms with van der Waals surface area (Å²) in [4.78, 5) is 14.1. The molecule has 1 unspecified atom stereocenters. The van der Waals surface area contributed by atoms with E-state index in [4.69, 9.17) is 4.74 Å². The van der Waals surface area contributed by atoms with E-state index in [-0.39, 0.29) is 17.8 Å². The van der Waals surface area contributed by atoms with Crippen LogP contribution in [0.2, 0.25) is 0 Å². The zero-order chi connectivity index (χ0) is 13.1. The third kappa shape index (κ3) is 2.64. The molecule has 1 aliphatic heterocycles. The van der Waals surface area contributed by atoms with Crippen LogP contribution >= 0.6 is 0 Å². The molecule has 0 aliphatic carbocycles. The molecule has 0 radical (unpaired) electrons. The second-order valence-corrected chi connectivity index (χ2v) is 4.65. The van der Waals surface area contributed by atoms with Crippen molar-refractivity contribution < 1.29 is 14.6 Å². The van der Waals surface area contributed by atoms with Gasteiger partial charge in [-0.3, -0.25) is 4.79 Å². The van der Waals surface area contributed by atoms with Crippen molar-refractivity contribution in [3.63, 3.8) is 0 Å². The smallest absolute Gasteiger partial charge is 0.254 e. The number of carbonyl (C=O) groups is 1. The number of carbonyl (C=O) groups excluding carboxylic acids is 1. The summed E-state index contributed by atoms with van der Waals surface area (Å²) in [6.07, 6.45) is 1.03. The van der Waals surface area contributed by atoms with Crippen LogP contribution in [0.25, 0.3) is 0 Å². The molecule has 1 aliphatic rings. The fraction of sp³-hybridized carbons (Fsp3) is 0.500. The first-order chi connectivity index (χ1) is 8.61. The molecule has 4 nitrogen and oxygen atoms in total. The number of benzene rings is 1. The van der Waals surface area contributed by atoms with Crippen LogP contribution in [0.5, 0.6) is 5.75 Å². The number of phenolic OH excluding ortho intramolecular Hbond substituents is 1. The Morgan fingerprint density at radius 2 is 2.33 bits per heavy atom. The molecule has 1 N–H and O–H groups in total. The van der Waals surface area contributed by atoms with E-state index in [2.05, 4.69) is 6.92 Å². The lowest BCUT2D eigenvalue weighted by molar-refractivity contribution is -0.0226. The van der Waals surface area contributed by atoms with Gasteiger partial charge in [-0.2, -0.15) is 0 Å². The van der Waals surface area contributed by atoms with Crippen LogP contribution in [0.1, 0.15) is 29.3 Å². The highest BCUT2D eigenvalue weighted by Gasteiger charge is 2.24. The van der Waals surface area contributed by atoms with Crippen molar-refractivity contribution in [1.29, 1.82) is 0 Å². The highest BCUT2D eigenvalue weighted by molar-refractivity contribution is 5.94. The molecule has 4 heteroatoms. The van der Waals surface area contributed by atoms with Gasteiger partial charge in [0.2, 0.25) is 0 Å². The lowest BCUT2D eigenvalue weighted by Crippen LogP contribution is -2.45. The molecule has 0 bridgehead atoms. The highest BCUT2D eigenvalue weighted by atomic mass is 16.5. The second kappa shape index (κ2) is 5.40. The Hall–Kier alpha value is -1.55. The van der Waals surface area contributed by atoms with Gasteiger partial charge in [0.15, 0.2) is 0 Å². The summed E-state index contributed by atoms with van der Waals surface area (Å²) in [7, 11) is 0. The van der Waals surface area contributed by atoms with Crippen molar-refractivity contribution in [3.8, 4) is 5.75 Å². The predicted molar refractivity (Wildman–Crippen MR) is 68.8 cm³/mol. The standard InChI is InChI=1S/C14H19NO3/c1-3-12-9-15(6-7-18-12)14(17)11-5-4-10(2)13(16)8-11/h4-5,8,12,16H,3,6-7,9H2,1-2H3. The number of hydrogen-bond donors (Lipinski definition) is 1. The van der Waals surface area contributed by atoms with Gasteiger partial charge in [-0.25, -0.2) is 0 Å². The largest absolute Gasteiger partial charge is 0.508 e. The van der Waals surface area contributed by atoms with E-state index in [1.807, 2.05) is 6.92 Å². The van der Waals surface area contributed by atoms with Crippen LogP contribution in [0.15, 0.2) is 18.2 Å². The molecule has 1 saturated heterocycles. The molecule has 1 heterocycles. The molecule has 0 aromatic heterocycles. The molecule has 0 spiro atoms. The molecule has 1 aromatic rings. The van der Waals surface area contributed by atoms with Gasteiger partial charge in [-0.1, -0.05) is 13.0 Å². The maximum absolute atomic E-state index is 12.3. The van der Waals surface area contributed by atoms with E-state index in [0.29, 0.717) is 25.3 Å².